The molecule has 6 nitrogen and oxygen atoms in total. The van der Waals surface area contributed by atoms with Gasteiger partial charge in [-0.2, -0.15) is 0 Å². The number of aromatic nitrogens is 1. The summed E-state index contributed by atoms with van der Waals surface area (Å²) in [7, 11) is 0.958. The number of anilines is 1. The zero-order chi connectivity index (χ0) is 20.3. The Balaban J connectivity index is 1.98. The quantitative estimate of drug-likeness (QED) is 0.630. The highest BCUT2D eigenvalue weighted by Crippen LogP contribution is 2.30. The van der Waals surface area contributed by atoms with Gasteiger partial charge in [0.05, 0.1) is 36.7 Å². The van der Waals surface area contributed by atoms with E-state index in [4.69, 9.17) is 9.47 Å². The van der Waals surface area contributed by atoms with E-state index in [-0.39, 0.29) is 4.90 Å². The predicted molar refractivity (Wildman–Crippen MR) is 110 cm³/mol. The first-order chi connectivity index (χ1) is 13.4. The van der Waals surface area contributed by atoms with Gasteiger partial charge in [0.15, 0.2) is 0 Å². The van der Waals surface area contributed by atoms with E-state index in [0.717, 1.165) is 16.8 Å². The van der Waals surface area contributed by atoms with Gasteiger partial charge in [-0.05, 0) is 61.0 Å². The van der Waals surface area contributed by atoms with Gasteiger partial charge >= 0.3 is 0 Å². The van der Waals surface area contributed by atoms with E-state index in [1.165, 1.54) is 30.6 Å². The first-order valence-corrected chi connectivity index (χ1v) is 10.0. The highest BCUT2D eigenvalue weighted by molar-refractivity contribution is 7.92. The molecule has 28 heavy (non-hydrogen) atoms. The summed E-state index contributed by atoms with van der Waals surface area (Å²) in [4.78, 5) is 4.61. The molecule has 0 N–H and O–H groups in total. The Morgan fingerprint density at radius 1 is 0.893 bits per heavy atom. The molecule has 3 rings (SSSR count). The average molecular weight is 398 g/mol. The summed E-state index contributed by atoms with van der Waals surface area (Å²) in [6.45, 7) is 1.96. The molecule has 146 valence electrons. The zero-order valence-corrected chi connectivity index (χ0v) is 17.0. The number of hydrogen-bond acceptors (Lipinski definition) is 5. The average Bonchev–Trinajstić information content (AvgIpc) is 2.73. The highest BCUT2D eigenvalue weighted by atomic mass is 32.2. The first kappa shape index (κ1) is 19.7. The second-order valence-corrected chi connectivity index (χ2v) is 8.20. The molecular formula is C21H22N2O4S. The number of aryl methyl sites for hydroxylation is 1. The van der Waals surface area contributed by atoms with Crippen molar-refractivity contribution in [3.05, 3.63) is 66.4 Å². The number of rotatable bonds is 6. The van der Waals surface area contributed by atoms with Crippen LogP contribution in [0.3, 0.4) is 0 Å². The Morgan fingerprint density at radius 2 is 1.54 bits per heavy atom. The van der Waals surface area contributed by atoms with Crippen LogP contribution in [0, 0.1) is 6.92 Å². The van der Waals surface area contributed by atoms with Gasteiger partial charge in [-0.25, -0.2) is 8.42 Å². The number of ether oxygens (including phenoxy) is 2. The van der Waals surface area contributed by atoms with Crippen molar-refractivity contribution in [2.75, 3.05) is 25.6 Å². The summed E-state index contributed by atoms with van der Waals surface area (Å²) in [5, 5.41) is 0. The third kappa shape index (κ3) is 3.80. The van der Waals surface area contributed by atoms with E-state index in [2.05, 4.69) is 4.98 Å². The van der Waals surface area contributed by atoms with Crippen molar-refractivity contribution in [1.29, 1.82) is 0 Å². The smallest absolute Gasteiger partial charge is 0.264 e. The lowest BCUT2D eigenvalue weighted by Crippen LogP contribution is -2.26. The van der Waals surface area contributed by atoms with Crippen LogP contribution in [0.2, 0.25) is 0 Å². The molecule has 0 bridgehead atoms. The lowest BCUT2D eigenvalue weighted by Gasteiger charge is -2.21. The largest absolute Gasteiger partial charge is 0.497 e. The van der Waals surface area contributed by atoms with E-state index in [1.807, 2.05) is 31.2 Å². The highest BCUT2D eigenvalue weighted by Gasteiger charge is 2.22. The molecule has 0 aliphatic rings. The Morgan fingerprint density at radius 3 is 2.11 bits per heavy atom. The molecular weight excluding hydrogens is 376 g/mol. The molecule has 3 aromatic rings. The summed E-state index contributed by atoms with van der Waals surface area (Å²) in [6, 6.07) is 15.5. The van der Waals surface area contributed by atoms with Crippen molar-refractivity contribution in [2.45, 2.75) is 11.8 Å². The van der Waals surface area contributed by atoms with Gasteiger partial charge in [-0.15, -0.1) is 0 Å². The van der Waals surface area contributed by atoms with Crippen LogP contribution in [0.25, 0.3) is 11.3 Å². The minimum atomic E-state index is -3.70. The van der Waals surface area contributed by atoms with Crippen LogP contribution in [0.5, 0.6) is 11.5 Å². The van der Waals surface area contributed by atoms with E-state index in [1.54, 1.807) is 31.5 Å². The Bertz CT molecular complexity index is 1060. The van der Waals surface area contributed by atoms with Crippen LogP contribution in [0.15, 0.2) is 65.7 Å². The van der Waals surface area contributed by atoms with Crippen molar-refractivity contribution in [3.8, 4) is 22.8 Å². The first-order valence-electron chi connectivity index (χ1n) is 8.61. The van der Waals surface area contributed by atoms with Crippen molar-refractivity contribution in [3.63, 3.8) is 0 Å². The standard InChI is InChI=1S/C21H22N2O4S/c1-15-5-6-16(13-20(15)21-12-9-18(27-4)14-22-21)23(2)28(24,25)19-10-7-17(26-3)8-11-19/h5-14H,1-4H3. The molecule has 0 fully saturated rings. The molecule has 0 saturated carbocycles. The fourth-order valence-electron chi connectivity index (χ4n) is 2.79. The number of benzene rings is 2. The number of nitrogens with zero attached hydrogens (tertiary/aromatic N) is 2. The van der Waals surface area contributed by atoms with Crippen LogP contribution >= 0.6 is 0 Å². The second kappa shape index (κ2) is 7.90. The van der Waals surface area contributed by atoms with Crippen molar-refractivity contribution >= 4 is 15.7 Å². The van der Waals surface area contributed by atoms with Crippen LogP contribution in [0.1, 0.15) is 5.56 Å². The molecule has 0 amide bonds. The Hall–Kier alpha value is -3.06. The van der Waals surface area contributed by atoms with Gasteiger partial charge in [0.2, 0.25) is 0 Å². The molecule has 0 aliphatic carbocycles. The normalized spacial score (nSPS) is 11.1. The fourth-order valence-corrected chi connectivity index (χ4v) is 3.97. The third-order valence-corrected chi connectivity index (χ3v) is 6.35. The molecule has 0 spiro atoms. The second-order valence-electron chi connectivity index (χ2n) is 6.23. The van der Waals surface area contributed by atoms with E-state index < -0.39 is 10.0 Å². The monoisotopic (exact) mass is 398 g/mol. The van der Waals surface area contributed by atoms with Crippen LogP contribution in [-0.2, 0) is 10.0 Å². The Kier molecular flexibility index (Phi) is 5.56. The summed E-state index contributed by atoms with van der Waals surface area (Å²) >= 11 is 0. The molecule has 0 aliphatic heterocycles. The number of pyridine rings is 1. The summed E-state index contributed by atoms with van der Waals surface area (Å²) in [5.41, 5.74) is 3.15. The molecule has 7 heteroatoms. The van der Waals surface area contributed by atoms with E-state index in [9.17, 15) is 8.42 Å². The van der Waals surface area contributed by atoms with Crippen molar-refractivity contribution < 1.29 is 17.9 Å². The van der Waals surface area contributed by atoms with Gasteiger partial charge in [0.25, 0.3) is 10.0 Å². The molecule has 0 radical (unpaired) electrons. The lowest BCUT2D eigenvalue weighted by molar-refractivity contribution is 0.413. The summed E-state index contributed by atoms with van der Waals surface area (Å²) in [5.74, 6) is 1.27. The number of sulfonamides is 1. The van der Waals surface area contributed by atoms with Gasteiger partial charge in [0.1, 0.15) is 11.5 Å². The summed E-state index contributed by atoms with van der Waals surface area (Å²) in [6.07, 6.45) is 1.64. The van der Waals surface area contributed by atoms with E-state index in [0.29, 0.717) is 17.2 Å². The molecule has 2 aromatic carbocycles. The van der Waals surface area contributed by atoms with Crippen LogP contribution in [0.4, 0.5) is 5.69 Å². The van der Waals surface area contributed by atoms with E-state index >= 15 is 0 Å². The maximum absolute atomic E-state index is 13.0. The summed E-state index contributed by atoms with van der Waals surface area (Å²) < 4.78 is 37.5. The molecule has 0 unspecified atom stereocenters. The number of hydrogen-bond donors (Lipinski definition) is 0. The van der Waals surface area contributed by atoms with Gasteiger partial charge in [0, 0.05) is 12.6 Å². The maximum Gasteiger partial charge on any atom is 0.264 e. The van der Waals surface area contributed by atoms with Crippen molar-refractivity contribution in [1.82, 2.24) is 4.98 Å². The SMILES string of the molecule is COc1ccc(S(=O)(=O)N(C)c2ccc(C)c(-c3ccc(OC)cn3)c2)cc1. The topological polar surface area (TPSA) is 68.7 Å². The van der Waals surface area contributed by atoms with Crippen molar-refractivity contribution in [2.24, 2.45) is 0 Å². The minimum Gasteiger partial charge on any atom is -0.497 e. The molecule has 1 aromatic heterocycles. The van der Waals surface area contributed by atoms with Gasteiger partial charge in [-0.1, -0.05) is 6.07 Å². The minimum absolute atomic E-state index is 0.195. The predicted octanol–water partition coefficient (Wildman–Crippen LogP) is 3.90. The van der Waals surface area contributed by atoms with Crippen LogP contribution in [-0.4, -0.2) is 34.7 Å². The fraction of sp³-hybridized carbons (Fsp3) is 0.190. The molecule has 0 saturated heterocycles. The molecule has 0 atom stereocenters. The zero-order valence-electron chi connectivity index (χ0n) is 16.2. The Labute approximate surface area is 165 Å². The lowest BCUT2D eigenvalue weighted by atomic mass is 10.0. The van der Waals surface area contributed by atoms with Gasteiger partial charge < -0.3 is 9.47 Å². The third-order valence-electron chi connectivity index (χ3n) is 4.55. The maximum atomic E-state index is 13.0. The number of methoxy groups -OCH3 is 2. The van der Waals surface area contributed by atoms with Crippen LogP contribution < -0.4 is 13.8 Å². The van der Waals surface area contributed by atoms with Gasteiger partial charge in [-0.3, -0.25) is 9.29 Å². The molecule has 1 heterocycles.